The summed E-state index contributed by atoms with van der Waals surface area (Å²) in [5.74, 6) is -1.15. The van der Waals surface area contributed by atoms with Crippen molar-refractivity contribution in [2.24, 2.45) is 5.92 Å². The number of carbonyl (C=O) groups is 1. The standard InChI is InChI=1S/C10H17F3N2O2/c1-15(17-2)8(16)6-7-4-3-5-14-9(7)10(11,12)13/h7,9,14H,3-6H2,1-2H3/t7-,9+/m0/s1. The number of alkyl halides is 3. The van der Waals surface area contributed by atoms with Crippen molar-refractivity contribution < 1.29 is 22.8 Å². The van der Waals surface area contributed by atoms with E-state index in [4.69, 9.17) is 0 Å². The molecule has 0 bridgehead atoms. The van der Waals surface area contributed by atoms with Gasteiger partial charge in [-0.3, -0.25) is 9.63 Å². The Hall–Kier alpha value is -0.820. The monoisotopic (exact) mass is 254 g/mol. The Morgan fingerprint density at radius 2 is 2.18 bits per heavy atom. The SMILES string of the molecule is CON(C)C(=O)C[C@@H]1CCCN[C@H]1C(F)(F)F. The van der Waals surface area contributed by atoms with Crippen LogP contribution < -0.4 is 5.32 Å². The topological polar surface area (TPSA) is 41.6 Å². The molecule has 2 atom stereocenters. The van der Waals surface area contributed by atoms with Crippen LogP contribution in [0, 0.1) is 5.92 Å². The lowest BCUT2D eigenvalue weighted by molar-refractivity contribution is -0.182. The van der Waals surface area contributed by atoms with E-state index in [1.165, 1.54) is 14.2 Å². The minimum Gasteiger partial charge on any atom is -0.306 e. The minimum absolute atomic E-state index is 0.151. The van der Waals surface area contributed by atoms with Crippen molar-refractivity contribution in [3.8, 4) is 0 Å². The molecule has 17 heavy (non-hydrogen) atoms. The van der Waals surface area contributed by atoms with E-state index in [2.05, 4.69) is 10.2 Å². The Bertz CT molecular complexity index is 271. The van der Waals surface area contributed by atoms with Gasteiger partial charge in [0.25, 0.3) is 0 Å². The van der Waals surface area contributed by atoms with Crippen molar-refractivity contribution in [1.82, 2.24) is 10.4 Å². The van der Waals surface area contributed by atoms with Crippen molar-refractivity contribution >= 4 is 5.91 Å². The van der Waals surface area contributed by atoms with Gasteiger partial charge < -0.3 is 5.32 Å². The number of carbonyl (C=O) groups excluding carboxylic acids is 1. The summed E-state index contributed by atoms with van der Waals surface area (Å²) in [5, 5.41) is 3.40. The average molecular weight is 254 g/mol. The Labute approximate surface area is 98.1 Å². The average Bonchev–Trinajstić information content (AvgIpc) is 2.27. The van der Waals surface area contributed by atoms with Crippen LogP contribution in [0.1, 0.15) is 19.3 Å². The Kier molecular flexibility index (Phi) is 4.76. The summed E-state index contributed by atoms with van der Waals surface area (Å²) in [7, 11) is 2.69. The molecule has 1 rings (SSSR count). The molecule has 100 valence electrons. The molecular weight excluding hydrogens is 237 g/mol. The zero-order chi connectivity index (χ0) is 13.1. The highest BCUT2D eigenvalue weighted by Crippen LogP contribution is 2.32. The van der Waals surface area contributed by atoms with Crippen molar-refractivity contribution in [2.45, 2.75) is 31.5 Å². The molecule has 0 saturated carbocycles. The van der Waals surface area contributed by atoms with Crippen molar-refractivity contribution in [3.63, 3.8) is 0 Å². The fourth-order valence-electron chi connectivity index (χ4n) is 2.01. The second kappa shape index (κ2) is 5.68. The largest absolute Gasteiger partial charge is 0.404 e. The van der Waals surface area contributed by atoms with Gasteiger partial charge in [0.05, 0.1) is 7.11 Å². The number of hydrogen-bond donors (Lipinski definition) is 1. The lowest BCUT2D eigenvalue weighted by atomic mass is 9.87. The van der Waals surface area contributed by atoms with Gasteiger partial charge in [-0.05, 0) is 25.3 Å². The molecule has 0 aromatic rings. The lowest BCUT2D eigenvalue weighted by Crippen LogP contribution is -2.52. The van der Waals surface area contributed by atoms with Crippen LogP contribution in [0.15, 0.2) is 0 Å². The molecule has 1 aliphatic rings. The first-order valence-electron chi connectivity index (χ1n) is 5.47. The van der Waals surface area contributed by atoms with Gasteiger partial charge in [-0.15, -0.1) is 0 Å². The molecule has 1 amide bonds. The number of hydroxylamine groups is 2. The number of piperidine rings is 1. The molecule has 1 heterocycles. The number of hydrogen-bond acceptors (Lipinski definition) is 3. The van der Waals surface area contributed by atoms with E-state index in [1.807, 2.05) is 0 Å². The number of amides is 1. The highest BCUT2D eigenvalue weighted by Gasteiger charge is 2.46. The first-order chi connectivity index (χ1) is 7.86. The number of rotatable bonds is 3. The summed E-state index contributed by atoms with van der Waals surface area (Å²) in [5.41, 5.74) is 0. The molecule has 0 unspecified atom stereocenters. The van der Waals surface area contributed by atoms with Crippen LogP contribution in [0.3, 0.4) is 0 Å². The zero-order valence-electron chi connectivity index (χ0n) is 9.88. The second-order valence-corrected chi connectivity index (χ2v) is 4.15. The summed E-state index contributed by atoms with van der Waals surface area (Å²) in [6.07, 6.45) is -3.40. The van der Waals surface area contributed by atoms with E-state index >= 15 is 0 Å². The maximum Gasteiger partial charge on any atom is 0.404 e. The van der Waals surface area contributed by atoms with Crippen LogP contribution in [0.5, 0.6) is 0 Å². The Balaban J connectivity index is 2.63. The molecule has 1 saturated heterocycles. The third-order valence-corrected chi connectivity index (χ3v) is 3.00. The molecule has 0 spiro atoms. The van der Waals surface area contributed by atoms with E-state index < -0.39 is 24.0 Å². The van der Waals surface area contributed by atoms with Crippen LogP contribution >= 0.6 is 0 Å². The second-order valence-electron chi connectivity index (χ2n) is 4.15. The van der Waals surface area contributed by atoms with Crippen molar-refractivity contribution in [2.75, 3.05) is 20.7 Å². The zero-order valence-corrected chi connectivity index (χ0v) is 9.88. The van der Waals surface area contributed by atoms with Crippen LogP contribution in [0.2, 0.25) is 0 Å². The van der Waals surface area contributed by atoms with E-state index in [0.29, 0.717) is 19.4 Å². The lowest BCUT2D eigenvalue weighted by Gasteiger charge is -2.34. The molecule has 0 aliphatic carbocycles. The summed E-state index contributed by atoms with van der Waals surface area (Å²) < 4.78 is 38.1. The van der Waals surface area contributed by atoms with Gasteiger partial charge in [0.1, 0.15) is 6.04 Å². The Morgan fingerprint density at radius 3 is 2.71 bits per heavy atom. The molecule has 1 N–H and O–H groups in total. The summed E-state index contributed by atoms with van der Waals surface area (Å²) in [6.45, 7) is 0.342. The Morgan fingerprint density at radius 1 is 1.53 bits per heavy atom. The van der Waals surface area contributed by atoms with E-state index in [0.717, 1.165) is 5.06 Å². The number of nitrogens with one attached hydrogen (secondary N) is 1. The molecule has 0 aromatic heterocycles. The molecule has 4 nitrogen and oxygen atoms in total. The van der Waals surface area contributed by atoms with Gasteiger partial charge in [-0.2, -0.15) is 13.2 Å². The third-order valence-electron chi connectivity index (χ3n) is 3.00. The van der Waals surface area contributed by atoms with Gasteiger partial charge in [0.15, 0.2) is 0 Å². The first kappa shape index (κ1) is 14.2. The fraction of sp³-hybridized carbons (Fsp3) is 0.900. The summed E-state index contributed by atoms with van der Waals surface area (Å²) in [6, 6.07) is -1.59. The quantitative estimate of drug-likeness (QED) is 0.772. The van der Waals surface area contributed by atoms with Gasteiger partial charge in [0, 0.05) is 13.5 Å². The minimum atomic E-state index is -4.31. The predicted octanol–water partition coefficient (Wildman–Crippen LogP) is 1.33. The van der Waals surface area contributed by atoms with Crippen LogP contribution in [-0.2, 0) is 9.63 Å². The van der Waals surface area contributed by atoms with Gasteiger partial charge in [-0.25, -0.2) is 5.06 Å². The molecule has 1 aliphatic heterocycles. The normalized spacial score (nSPS) is 25.7. The molecular formula is C10H17F3N2O2. The fourth-order valence-corrected chi connectivity index (χ4v) is 2.01. The smallest absolute Gasteiger partial charge is 0.306 e. The van der Waals surface area contributed by atoms with E-state index in [1.54, 1.807) is 0 Å². The molecule has 0 aromatic carbocycles. The predicted molar refractivity (Wildman–Crippen MR) is 55.0 cm³/mol. The van der Waals surface area contributed by atoms with Gasteiger partial charge in [-0.1, -0.05) is 0 Å². The third kappa shape index (κ3) is 3.85. The summed E-state index contributed by atoms with van der Waals surface area (Å²) >= 11 is 0. The van der Waals surface area contributed by atoms with E-state index in [-0.39, 0.29) is 6.42 Å². The highest BCUT2D eigenvalue weighted by atomic mass is 19.4. The number of nitrogens with zero attached hydrogens (tertiary/aromatic N) is 1. The van der Waals surface area contributed by atoms with Crippen LogP contribution in [0.25, 0.3) is 0 Å². The van der Waals surface area contributed by atoms with Gasteiger partial charge in [0.2, 0.25) is 5.91 Å². The first-order valence-corrected chi connectivity index (χ1v) is 5.47. The maximum atomic E-state index is 12.7. The molecule has 0 radical (unpaired) electrons. The maximum absolute atomic E-state index is 12.7. The van der Waals surface area contributed by atoms with Crippen molar-refractivity contribution in [3.05, 3.63) is 0 Å². The van der Waals surface area contributed by atoms with Gasteiger partial charge >= 0.3 is 6.18 Å². The molecule has 7 heteroatoms. The molecule has 1 fully saturated rings. The van der Waals surface area contributed by atoms with E-state index in [9.17, 15) is 18.0 Å². The summed E-state index contributed by atoms with van der Waals surface area (Å²) in [4.78, 5) is 16.2. The van der Waals surface area contributed by atoms with Crippen LogP contribution in [0.4, 0.5) is 13.2 Å². The highest BCUT2D eigenvalue weighted by molar-refractivity contribution is 5.75. The van der Waals surface area contributed by atoms with Crippen LogP contribution in [-0.4, -0.2) is 43.9 Å². The number of halogens is 3. The van der Waals surface area contributed by atoms with Crippen molar-refractivity contribution in [1.29, 1.82) is 0 Å².